The van der Waals surface area contributed by atoms with Crippen molar-refractivity contribution in [1.82, 2.24) is 4.72 Å². The quantitative estimate of drug-likeness (QED) is 0.473. The second-order valence-electron chi connectivity index (χ2n) is 6.86. The van der Waals surface area contributed by atoms with Crippen LogP contribution in [0.15, 0.2) is 70.0 Å². The lowest BCUT2D eigenvalue weighted by atomic mass is 9.97. The maximum atomic E-state index is 13.3. The van der Waals surface area contributed by atoms with Crippen molar-refractivity contribution in [2.45, 2.75) is 17.9 Å². The van der Waals surface area contributed by atoms with E-state index in [-0.39, 0.29) is 4.90 Å². The van der Waals surface area contributed by atoms with Crippen LogP contribution in [0.2, 0.25) is 0 Å². The van der Waals surface area contributed by atoms with Crippen molar-refractivity contribution in [1.29, 1.82) is 0 Å². The Morgan fingerprint density at radius 1 is 0.839 bits per heavy atom. The van der Waals surface area contributed by atoms with Crippen LogP contribution in [0.25, 0.3) is 0 Å². The standard InChI is InChI=1S/C23H24BrNO5S/c1-15-5-11-19(12-6-15)31(26,27)25-23(16-7-9-17(24)10-8-16)22-20(29-3)13-18(28-2)14-21(22)30-4/h5-14,23,25H,1-4H3. The Hall–Kier alpha value is -2.55. The van der Waals surface area contributed by atoms with Gasteiger partial charge >= 0.3 is 0 Å². The summed E-state index contributed by atoms with van der Waals surface area (Å²) in [4.78, 5) is 0.173. The molecule has 1 unspecified atom stereocenters. The van der Waals surface area contributed by atoms with Crippen LogP contribution in [0.3, 0.4) is 0 Å². The molecule has 0 amide bonds. The van der Waals surface area contributed by atoms with E-state index in [1.165, 1.54) is 14.2 Å². The first-order chi connectivity index (χ1) is 14.8. The lowest BCUT2D eigenvalue weighted by Crippen LogP contribution is -2.30. The second-order valence-corrected chi connectivity index (χ2v) is 9.49. The molecule has 0 aromatic heterocycles. The van der Waals surface area contributed by atoms with E-state index in [1.807, 2.05) is 31.2 Å². The Labute approximate surface area is 191 Å². The summed E-state index contributed by atoms with van der Waals surface area (Å²) in [5, 5.41) is 0. The van der Waals surface area contributed by atoms with Gasteiger partial charge < -0.3 is 14.2 Å². The van der Waals surface area contributed by atoms with Crippen LogP contribution in [-0.2, 0) is 10.0 Å². The number of nitrogens with one attached hydrogen (secondary N) is 1. The van der Waals surface area contributed by atoms with Gasteiger partial charge in [-0.25, -0.2) is 8.42 Å². The number of sulfonamides is 1. The van der Waals surface area contributed by atoms with Gasteiger partial charge in [-0.3, -0.25) is 0 Å². The molecule has 8 heteroatoms. The Bertz CT molecular complexity index is 1120. The molecule has 1 atom stereocenters. The highest BCUT2D eigenvalue weighted by atomic mass is 79.9. The number of halogens is 1. The predicted octanol–water partition coefficient (Wildman–Crippen LogP) is 4.85. The van der Waals surface area contributed by atoms with Gasteiger partial charge in [-0.15, -0.1) is 0 Å². The van der Waals surface area contributed by atoms with Crippen molar-refractivity contribution < 1.29 is 22.6 Å². The smallest absolute Gasteiger partial charge is 0.241 e. The van der Waals surface area contributed by atoms with Crippen LogP contribution in [0.5, 0.6) is 17.2 Å². The molecular formula is C23H24BrNO5S. The zero-order valence-electron chi connectivity index (χ0n) is 17.7. The van der Waals surface area contributed by atoms with Gasteiger partial charge in [0.2, 0.25) is 10.0 Å². The van der Waals surface area contributed by atoms with E-state index in [2.05, 4.69) is 20.7 Å². The van der Waals surface area contributed by atoms with Crippen LogP contribution < -0.4 is 18.9 Å². The Morgan fingerprint density at radius 2 is 1.39 bits per heavy atom. The average molecular weight is 506 g/mol. The molecular weight excluding hydrogens is 482 g/mol. The fourth-order valence-electron chi connectivity index (χ4n) is 3.21. The summed E-state index contributed by atoms with van der Waals surface area (Å²) >= 11 is 3.43. The summed E-state index contributed by atoms with van der Waals surface area (Å²) in [5.74, 6) is 1.42. The molecule has 3 aromatic carbocycles. The molecule has 0 fully saturated rings. The molecule has 0 aliphatic rings. The molecule has 0 saturated carbocycles. The van der Waals surface area contributed by atoms with Crippen LogP contribution in [0.1, 0.15) is 22.7 Å². The third-order valence-electron chi connectivity index (χ3n) is 4.85. The fourth-order valence-corrected chi connectivity index (χ4v) is 4.67. The summed E-state index contributed by atoms with van der Waals surface area (Å²) in [6.07, 6.45) is 0. The van der Waals surface area contributed by atoms with Crippen LogP contribution >= 0.6 is 15.9 Å². The highest BCUT2D eigenvalue weighted by Crippen LogP contribution is 2.41. The zero-order valence-corrected chi connectivity index (χ0v) is 20.1. The summed E-state index contributed by atoms with van der Waals surface area (Å²) < 4.78 is 46.7. The van der Waals surface area contributed by atoms with Gasteiger partial charge in [0.05, 0.1) is 37.8 Å². The van der Waals surface area contributed by atoms with E-state index in [1.54, 1.807) is 43.5 Å². The number of rotatable bonds is 8. The molecule has 0 aliphatic heterocycles. The van der Waals surface area contributed by atoms with Crippen molar-refractivity contribution in [3.8, 4) is 17.2 Å². The molecule has 3 rings (SSSR count). The van der Waals surface area contributed by atoms with Crippen LogP contribution in [0.4, 0.5) is 0 Å². The molecule has 6 nitrogen and oxygen atoms in total. The predicted molar refractivity (Wildman–Crippen MR) is 124 cm³/mol. The third-order valence-corrected chi connectivity index (χ3v) is 6.82. The van der Waals surface area contributed by atoms with Gasteiger partial charge in [0.1, 0.15) is 17.2 Å². The highest BCUT2D eigenvalue weighted by molar-refractivity contribution is 9.10. The largest absolute Gasteiger partial charge is 0.496 e. The van der Waals surface area contributed by atoms with E-state index >= 15 is 0 Å². The number of hydrogen-bond acceptors (Lipinski definition) is 5. The van der Waals surface area contributed by atoms with Crippen molar-refractivity contribution in [3.63, 3.8) is 0 Å². The second kappa shape index (κ2) is 9.72. The van der Waals surface area contributed by atoms with E-state index in [0.717, 1.165) is 15.6 Å². The normalized spacial score (nSPS) is 12.3. The average Bonchev–Trinajstić information content (AvgIpc) is 2.77. The lowest BCUT2D eigenvalue weighted by Gasteiger charge is -2.24. The molecule has 31 heavy (non-hydrogen) atoms. The van der Waals surface area contributed by atoms with Gasteiger partial charge in [0.25, 0.3) is 0 Å². The first-order valence-corrected chi connectivity index (χ1v) is 11.7. The van der Waals surface area contributed by atoms with Gasteiger partial charge in [-0.2, -0.15) is 4.72 Å². The zero-order chi connectivity index (χ0) is 22.6. The molecule has 164 valence electrons. The SMILES string of the molecule is COc1cc(OC)c(C(NS(=O)(=O)c2ccc(C)cc2)c2ccc(Br)cc2)c(OC)c1. The molecule has 0 spiro atoms. The van der Waals surface area contributed by atoms with E-state index in [9.17, 15) is 8.42 Å². The Morgan fingerprint density at radius 3 is 1.87 bits per heavy atom. The number of methoxy groups -OCH3 is 3. The van der Waals surface area contributed by atoms with E-state index in [0.29, 0.717) is 22.8 Å². The third kappa shape index (κ3) is 5.20. The molecule has 1 N–H and O–H groups in total. The van der Waals surface area contributed by atoms with E-state index < -0.39 is 16.1 Å². The van der Waals surface area contributed by atoms with E-state index in [4.69, 9.17) is 14.2 Å². The monoisotopic (exact) mass is 505 g/mol. The van der Waals surface area contributed by atoms with Crippen molar-refractivity contribution in [2.75, 3.05) is 21.3 Å². The number of ether oxygens (including phenoxy) is 3. The van der Waals surface area contributed by atoms with Crippen molar-refractivity contribution in [3.05, 3.63) is 81.8 Å². The topological polar surface area (TPSA) is 73.9 Å². The minimum absolute atomic E-state index is 0.173. The van der Waals surface area contributed by atoms with Gasteiger partial charge in [0.15, 0.2) is 0 Å². The molecule has 0 saturated heterocycles. The summed E-state index contributed by atoms with van der Waals surface area (Å²) in [6, 6.07) is 16.7. The molecule has 0 bridgehead atoms. The number of benzene rings is 3. The first kappa shape index (κ1) is 23.1. The van der Waals surface area contributed by atoms with Crippen molar-refractivity contribution >= 4 is 26.0 Å². The van der Waals surface area contributed by atoms with Crippen molar-refractivity contribution in [2.24, 2.45) is 0 Å². The lowest BCUT2D eigenvalue weighted by molar-refractivity contribution is 0.365. The summed E-state index contributed by atoms with van der Waals surface area (Å²) in [5.41, 5.74) is 2.24. The summed E-state index contributed by atoms with van der Waals surface area (Å²) in [7, 11) is 0.727. The number of hydrogen-bond donors (Lipinski definition) is 1. The maximum absolute atomic E-state index is 13.3. The summed E-state index contributed by atoms with van der Waals surface area (Å²) in [6.45, 7) is 1.90. The molecule has 0 aliphatic carbocycles. The maximum Gasteiger partial charge on any atom is 0.241 e. The van der Waals surface area contributed by atoms with Crippen LogP contribution in [-0.4, -0.2) is 29.7 Å². The van der Waals surface area contributed by atoms with Gasteiger partial charge in [-0.05, 0) is 36.8 Å². The molecule has 0 radical (unpaired) electrons. The Balaban J connectivity index is 2.19. The van der Waals surface area contributed by atoms with Gasteiger partial charge in [0, 0.05) is 16.6 Å². The highest BCUT2D eigenvalue weighted by Gasteiger charge is 2.29. The first-order valence-electron chi connectivity index (χ1n) is 9.43. The minimum atomic E-state index is -3.85. The minimum Gasteiger partial charge on any atom is -0.496 e. The molecule has 0 heterocycles. The molecule has 3 aromatic rings. The van der Waals surface area contributed by atoms with Crippen LogP contribution in [0, 0.1) is 6.92 Å². The number of aryl methyl sites for hydroxylation is 1. The van der Waals surface area contributed by atoms with Gasteiger partial charge in [-0.1, -0.05) is 45.8 Å². The fraction of sp³-hybridized carbons (Fsp3) is 0.217. The Kier molecular flexibility index (Phi) is 7.25.